The fourth-order valence-electron chi connectivity index (χ4n) is 1.96. The Hall–Kier alpha value is -1.07. The Morgan fingerprint density at radius 1 is 1.26 bits per heavy atom. The van der Waals surface area contributed by atoms with Crippen LogP contribution >= 0.6 is 11.6 Å². The molecule has 2 aromatic heterocycles. The van der Waals surface area contributed by atoms with Crippen molar-refractivity contribution in [3.63, 3.8) is 0 Å². The lowest BCUT2D eigenvalue weighted by Crippen LogP contribution is -2.09. The van der Waals surface area contributed by atoms with Crippen molar-refractivity contribution in [1.29, 1.82) is 0 Å². The number of sulfone groups is 1. The highest BCUT2D eigenvalue weighted by molar-refractivity contribution is 7.90. The Labute approximate surface area is 118 Å². The van der Waals surface area contributed by atoms with Gasteiger partial charge in [-0.05, 0) is 18.6 Å². The third kappa shape index (κ3) is 3.94. The molecule has 6 heteroatoms. The molecule has 0 aromatic carbocycles. The molecule has 0 unspecified atom stereocenters. The van der Waals surface area contributed by atoms with E-state index in [1.165, 1.54) is 0 Å². The van der Waals surface area contributed by atoms with Crippen molar-refractivity contribution in [3.8, 4) is 0 Å². The average molecular weight is 301 g/mol. The van der Waals surface area contributed by atoms with Gasteiger partial charge in [0.15, 0.2) is 9.84 Å². The van der Waals surface area contributed by atoms with Crippen LogP contribution in [0, 0.1) is 0 Å². The lowest BCUT2D eigenvalue weighted by molar-refractivity contribution is 0.589. The number of rotatable bonds is 6. The Morgan fingerprint density at radius 3 is 2.79 bits per heavy atom. The van der Waals surface area contributed by atoms with Crippen molar-refractivity contribution in [1.82, 2.24) is 9.38 Å². The van der Waals surface area contributed by atoms with Crippen molar-refractivity contribution >= 4 is 27.1 Å². The summed E-state index contributed by atoms with van der Waals surface area (Å²) in [5, 5.41) is 0.599. The topological polar surface area (TPSA) is 51.4 Å². The highest BCUT2D eigenvalue weighted by atomic mass is 35.5. The van der Waals surface area contributed by atoms with Gasteiger partial charge in [0.2, 0.25) is 0 Å². The first-order valence-electron chi connectivity index (χ1n) is 6.34. The van der Waals surface area contributed by atoms with Gasteiger partial charge in [-0.2, -0.15) is 0 Å². The minimum atomic E-state index is -3.07. The summed E-state index contributed by atoms with van der Waals surface area (Å²) in [7, 11) is -3.07. The van der Waals surface area contributed by atoms with Gasteiger partial charge in [0, 0.05) is 12.4 Å². The van der Waals surface area contributed by atoms with E-state index >= 15 is 0 Å². The average Bonchev–Trinajstić information content (AvgIpc) is 2.69. The summed E-state index contributed by atoms with van der Waals surface area (Å²) in [4.78, 5) is 4.29. The third-order valence-corrected chi connectivity index (χ3v) is 4.76. The van der Waals surface area contributed by atoms with Gasteiger partial charge in [-0.3, -0.25) is 0 Å². The van der Waals surface area contributed by atoms with Crippen molar-refractivity contribution in [2.24, 2.45) is 0 Å². The van der Waals surface area contributed by atoms with Crippen LogP contribution in [-0.2, 0) is 15.6 Å². The first kappa shape index (κ1) is 14.3. The largest absolute Gasteiger partial charge is 0.305 e. The molecule has 0 N–H and O–H groups in total. The number of imidazole rings is 1. The summed E-state index contributed by atoms with van der Waals surface area (Å²) >= 11 is 5.88. The zero-order valence-electron chi connectivity index (χ0n) is 10.8. The Balaban J connectivity index is 2.12. The van der Waals surface area contributed by atoms with Gasteiger partial charge < -0.3 is 4.40 Å². The summed E-state index contributed by atoms with van der Waals surface area (Å²) in [6, 6.07) is 3.51. The van der Waals surface area contributed by atoms with Crippen LogP contribution in [0.5, 0.6) is 0 Å². The van der Waals surface area contributed by atoms with Gasteiger partial charge in [0.1, 0.15) is 5.65 Å². The summed E-state index contributed by atoms with van der Waals surface area (Å²) in [6.07, 6.45) is 6.12. The van der Waals surface area contributed by atoms with Gasteiger partial charge in [0.05, 0.1) is 22.2 Å². The molecule has 4 nitrogen and oxygen atoms in total. The standard InChI is InChI=1S/C13H17ClN2O2S/c1-2-3-4-7-19(17,18)10-12-9-16-8-11(14)5-6-13(16)15-12/h5-6,8-9H,2-4,7,10H2,1H3. The zero-order chi connectivity index (χ0) is 13.9. The smallest absolute Gasteiger partial charge is 0.156 e. The third-order valence-electron chi connectivity index (χ3n) is 2.89. The van der Waals surface area contributed by atoms with E-state index in [0.717, 1.165) is 19.3 Å². The number of halogens is 1. The number of unbranched alkanes of at least 4 members (excludes halogenated alkanes) is 2. The molecule has 0 aliphatic rings. The molecule has 0 saturated heterocycles. The van der Waals surface area contributed by atoms with Crippen LogP contribution in [0.15, 0.2) is 24.5 Å². The molecule has 2 aromatic rings. The summed E-state index contributed by atoms with van der Waals surface area (Å²) in [6.45, 7) is 2.05. The van der Waals surface area contributed by atoms with E-state index in [4.69, 9.17) is 11.6 Å². The Bertz CT molecular complexity index is 664. The Morgan fingerprint density at radius 2 is 2.05 bits per heavy atom. The fourth-order valence-corrected chi connectivity index (χ4v) is 3.50. The first-order valence-corrected chi connectivity index (χ1v) is 8.53. The lowest BCUT2D eigenvalue weighted by Gasteiger charge is -2.00. The maximum absolute atomic E-state index is 11.9. The second kappa shape index (κ2) is 5.92. The summed E-state index contributed by atoms with van der Waals surface area (Å²) in [5.41, 5.74) is 1.28. The molecule has 0 saturated carbocycles. The maximum Gasteiger partial charge on any atom is 0.156 e. The van der Waals surface area contributed by atoms with E-state index in [0.29, 0.717) is 16.4 Å². The molecular weight excluding hydrogens is 284 g/mol. The van der Waals surface area contributed by atoms with Crippen LogP contribution in [0.25, 0.3) is 5.65 Å². The normalized spacial score (nSPS) is 12.1. The molecule has 0 spiro atoms. The van der Waals surface area contributed by atoms with Crippen molar-refractivity contribution in [3.05, 3.63) is 35.2 Å². The fraction of sp³-hybridized carbons (Fsp3) is 0.462. The molecule has 19 heavy (non-hydrogen) atoms. The molecule has 0 amide bonds. The van der Waals surface area contributed by atoms with Crippen LogP contribution in [0.3, 0.4) is 0 Å². The van der Waals surface area contributed by atoms with Gasteiger partial charge in [-0.25, -0.2) is 13.4 Å². The van der Waals surface area contributed by atoms with Crippen molar-refractivity contribution < 1.29 is 8.42 Å². The van der Waals surface area contributed by atoms with Crippen molar-refractivity contribution in [2.45, 2.75) is 31.9 Å². The van der Waals surface area contributed by atoms with Gasteiger partial charge in [0.25, 0.3) is 0 Å². The van der Waals surface area contributed by atoms with E-state index in [2.05, 4.69) is 11.9 Å². The van der Waals surface area contributed by atoms with E-state index in [1.807, 2.05) is 0 Å². The monoisotopic (exact) mass is 300 g/mol. The molecule has 2 heterocycles. The number of pyridine rings is 1. The molecule has 0 bridgehead atoms. The van der Waals surface area contributed by atoms with E-state index < -0.39 is 9.84 Å². The second-order valence-electron chi connectivity index (χ2n) is 4.64. The quantitative estimate of drug-likeness (QED) is 0.770. The number of fused-ring (bicyclic) bond motifs is 1. The van der Waals surface area contributed by atoms with E-state index in [1.54, 1.807) is 28.9 Å². The summed E-state index contributed by atoms with van der Waals surface area (Å²) in [5.74, 6) is 0.228. The van der Waals surface area contributed by atoms with Gasteiger partial charge >= 0.3 is 0 Å². The van der Waals surface area contributed by atoms with Gasteiger partial charge in [-0.15, -0.1) is 0 Å². The van der Waals surface area contributed by atoms with Crippen LogP contribution in [0.2, 0.25) is 5.02 Å². The molecule has 0 aliphatic carbocycles. The highest BCUT2D eigenvalue weighted by Crippen LogP contribution is 2.14. The number of hydrogen-bond acceptors (Lipinski definition) is 3. The predicted molar refractivity (Wildman–Crippen MR) is 77.2 cm³/mol. The molecule has 0 radical (unpaired) electrons. The summed E-state index contributed by atoms with van der Waals surface area (Å²) < 4.78 is 25.6. The molecule has 0 aliphatic heterocycles. The number of hydrogen-bond donors (Lipinski definition) is 0. The van der Waals surface area contributed by atoms with Gasteiger partial charge in [-0.1, -0.05) is 31.4 Å². The SMILES string of the molecule is CCCCCS(=O)(=O)Cc1cn2cc(Cl)ccc2n1. The van der Waals surface area contributed by atoms with E-state index in [-0.39, 0.29) is 11.5 Å². The molecular formula is C13H17ClN2O2S. The maximum atomic E-state index is 11.9. The highest BCUT2D eigenvalue weighted by Gasteiger charge is 2.14. The Kier molecular flexibility index (Phi) is 4.47. The molecule has 0 atom stereocenters. The molecule has 104 valence electrons. The minimum absolute atomic E-state index is 0.00396. The van der Waals surface area contributed by atoms with Crippen LogP contribution in [-0.4, -0.2) is 23.6 Å². The van der Waals surface area contributed by atoms with Crippen LogP contribution < -0.4 is 0 Å². The van der Waals surface area contributed by atoms with Crippen LogP contribution in [0.1, 0.15) is 31.9 Å². The number of nitrogens with zero attached hydrogens (tertiary/aromatic N) is 2. The molecule has 0 fully saturated rings. The van der Waals surface area contributed by atoms with Crippen molar-refractivity contribution in [2.75, 3.05) is 5.75 Å². The number of aromatic nitrogens is 2. The van der Waals surface area contributed by atoms with E-state index in [9.17, 15) is 8.42 Å². The van der Waals surface area contributed by atoms with Crippen LogP contribution in [0.4, 0.5) is 0 Å². The lowest BCUT2D eigenvalue weighted by atomic mass is 10.3. The molecule has 2 rings (SSSR count). The predicted octanol–water partition coefficient (Wildman–Crippen LogP) is 3.09. The minimum Gasteiger partial charge on any atom is -0.305 e. The second-order valence-corrected chi connectivity index (χ2v) is 7.26. The zero-order valence-corrected chi connectivity index (χ0v) is 12.4. The first-order chi connectivity index (χ1) is 9.00.